The van der Waals surface area contributed by atoms with E-state index in [1.165, 1.54) is 5.56 Å². The third-order valence-corrected chi connectivity index (χ3v) is 5.14. The number of hydrogen-bond donors (Lipinski definition) is 2. The minimum Gasteiger partial charge on any atom is -0.325 e. The first-order valence-electron chi connectivity index (χ1n) is 9.26. The maximum Gasteiger partial charge on any atom is 0.258 e. The third-order valence-electron chi connectivity index (χ3n) is 5.14. The SMILES string of the molecule is Cl.O=C(Nc1cccc(C(=O)N2CCc3ccccc32)c1)C1CCCCN1. The summed E-state index contributed by atoms with van der Waals surface area (Å²) in [6.45, 7) is 1.58. The normalized spacial score (nSPS) is 18.4. The molecule has 4 rings (SSSR count). The standard InChI is InChI=1S/C21H23N3O2.ClH/c25-20(18-9-3-4-12-22-18)23-17-8-5-7-16(14-17)21(26)24-13-11-15-6-1-2-10-19(15)24;/h1-2,5-8,10,14,18,22H,3-4,9,11-13H2,(H,23,25);1H. The van der Waals surface area contributed by atoms with Gasteiger partial charge in [0.2, 0.25) is 5.91 Å². The van der Waals surface area contributed by atoms with Gasteiger partial charge in [0.1, 0.15) is 0 Å². The first kappa shape index (κ1) is 19.4. The van der Waals surface area contributed by atoms with E-state index in [2.05, 4.69) is 16.7 Å². The van der Waals surface area contributed by atoms with E-state index >= 15 is 0 Å². The Bertz CT molecular complexity index is 834. The number of anilines is 2. The van der Waals surface area contributed by atoms with E-state index in [1.54, 1.807) is 12.1 Å². The molecule has 0 saturated carbocycles. The molecule has 0 radical (unpaired) electrons. The van der Waals surface area contributed by atoms with Crippen LogP contribution in [0.3, 0.4) is 0 Å². The summed E-state index contributed by atoms with van der Waals surface area (Å²) in [5, 5.41) is 6.19. The van der Waals surface area contributed by atoms with Crippen molar-refractivity contribution in [3.05, 3.63) is 59.7 Å². The minimum absolute atomic E-state index is 0. The number of carbonyl (C=O) groups is 2. The zero-order valence-electron chi connectivity index (χ0n) is 15.1. The molecule has 2 N–H and O–H groups in total. The Morgan fingerprint density at radius 1 is 1.07 bits per heavy atom. The molecule has 2 aliphatic heterocycles. The lowest BCUT2D eigenvalue weighted by Gasteiger charge is -2.22. The first-order valence-corrected chi connectivity index (χ1v) is 9.26. The van der Waals surface area contributed by atoms with Crippen molar-refractivity contribution in [3.8, 4) is 0 Å². The largest absolute Gasteiger partial charge is 0.325 e. The lowest BCUT2D eigenvalue weighted by atomic mass is 10.0. The van der Waals surface area contributed by atoms with Gasteiger partial charge in [-0.1, -0.05) is 30.7 Å². The summed E-state index contributed by atoms with van der Waals surface area (Å²) in [5.41, 5.74) is 3.45. The van der Waals surface area contributed by atoms with Crippen molar-refractivity contribution in [2.24, 2.45) is 0 Å². The zero-order valence-corrected chi connectivity index (χ0v) is 15.9. The van der Waals surface area contributed by atoms with Crippen LogP contribution in [0.2, 0.25) is 0 Å². The van der Waals surface area contributed by atoms with E-state index in [9.17, 15) is 9.59 Å². The molecular weight excluding hydrogens is 362 g/mol. The maximum absolute atomic E-state index is 13.0. The molecule has 0 bridgehead atoms. The van der Waals surface area contributed by atoms with Crippen LogP contribution in [-0.2, 0) is 11.2 Å². The average molecular weight is 386 g/mol. The van der Waals surface area contributed by atoms with Crippen molar-refractivity contribution in [1.29, 1.82) is 0 Å². The van der Waals surface area contributed by atoms with Crippen LogP contribution < -0.4 is 15.5 Å². The molecule has 0 aliphatic carbocycles. The lowest BCUT2D eigenvalue weighted by Crippen LogP contribution is -2.43. The van der Waals surface area contributed by atoms with Gasteiger partial charge in [0.15, 0.2) is 0 Å². The van der Waals surface area contributed by atoms with E-state index in [0.717, 1.165) is 37.9 Å². The molecule has 0 spiro atoms. The Morgan fingerprint density at radius 2 is 1.93 bits per heavy atom. The molecule has 1 fully saturated rings. The average Bonchev–Trinajstić information content (AvgIpc) is 3.12. The van der Waals surface area contributed by atoms with Crippen molar-refractivity contribution in [2.45, 2.75) is 31.7 Å². The van der Waals surface area contributed by atoms with Gasteiger partial charge in [0.05, 0.1) is 6.04 Å². The van der Waals surface area contributed by atoms with Gasteiger partial charge >= 0.3 is 0 Å². The number of fused-ring (bicyclic) bond motifs is 1. The Kier molecular flexibility index (Phi) is 6.14. The molecule has 27 heavy (non-hydrogen) atoms. The van der Waals surface area contributed by atoms with Gasteiger partial charge in [0, 0.05) is 23.5 Å². The van der Waals surface area contributed by atoms with Crippen LogP contribution >= 0.6 is 12.4 Å². The van der Waals surface area contributed by atoms with Crippen molar-refractivity contribution >= 4 is 35.6 Å². The molecule has 6 heteroatoms. The fraction of sp³-hybridized carbons (Fsp3) is 0.333. The van der Waals surface area contributed by atoms with Crippen LogP contribution in [0, 0.1) is 0 Å². The van der Waals surface area contributed by atoms with Gasteiger partial charge in [-0.15, -0.1) is 12.4 Å². The number of rotatable bonds is 3. The summed E-state index contributed by atoms with van der Waals surface area (Å²) >= 11 is 0. The number of amides is 2. The van der Waals surface area contributed by atoms with E-state index in [1.807, 2.05) is 35.2 Å². The minimum atomic E-state index is -0.145. The number of benzene rings is 2. The smallest absolute Gasteiger partial charge is 0.258 e. The number of carbonyl (C=O) groups excluding carboxylic acids is 2. The number of nitrogens with one attached hydrogen (secondary N) is 2. The maximum atomic E-state index is 13.0. The van der Waals surface area contributed by atoms with Crippen LogP contribution in [0.5, 0.6) is 0 Å². The number of nitrogens with zero attached hydrogens (tertiary/aromatic N) is 1. The fourth-order valence-electron chi connectivity index (χ4n) is 3.74. The topological polar surface area (TPSA) is 61.4 Å². The number of halogens is 1. The quantitative estimate of drug-likeness (QED) is 0.851. The Labute approximate surface area is 165 Å². The van der Waals surface area contributed by atoms with Crippen LogP contribution in [0.1, 0.15) is 35.2 Å². The van der Waals surface area contributed by atoms with E-state index in [-0.39, 0.29) is 30.3 Å². The fourth-order valence-corrected chi connectivity index (χ4v) is 3.74. The highest BCUT2D eigenvalue weighted by atomic mass is 35.5. The summed E-state index contributed by atoms with van der Waals surface area (Å²) in [5.74, 6) is -0.0531. The predicted octanol–water partition coefficient (Wildman–Crippen LogP) is 3.39. The highest BCUT2D eigenvalue weighted by Gasteiger charge is 2.25. The van der Waals surface area contributed by atoms with Crippen molar-refractivity contribution in [3.63, 3.8) is 0 Å². The van der Waals surface area contributed by atoms with Gasteiger partial charge in [-0.05, 0) is 55.6 Å². The van der Waals surface area contributed by atoms with Crippen LogP contribution in [-0.4, -0.2) is 30.9 Å². The van der Waals surface area contributed by atoms with Crippen LogP contribution in [0.15, 0.2) is 48.5 Å². The molecular formula is C21H24ClN3O2. The molecule has 2 aromatic carbocycles. The van der Waals surface area contributed by atoms with Gasteiger partial charge in [-0.3, -0.25) is 9.59 Å². The molecule has 2 heterocycles. The van der Waals surface area contributed by atoms with E-state index < -0.39 is 0 Å². The molecule has 1 unspecified atom stereocenters. The monoisotopic (exact) mass is 385 g/mol. The van der Waals surface area contributed by atoms with Crippen molar-refractivity contribution < 1.29 is 9.59 Å². The number of piperidine rings is 1. The summed E-state index contributed by atoms with van der Waals surface area (Å²) < 4.78 is 0. The van der Waals surface area contributed by atoms with Crippen molar-refractivity contribution in [2.75, 3.05) is 23.3 Å². The van der Waals surface area contributed by atoms with E-state index in [0.29, 0.717) is 17.8 Å². The second-order valence-corrected chi connectivity index (χ2v) is 6.91. The Hall–Kier alpha value is -2.37. The molecule has 5 nitrogen and oxygen atoms in total. The molecule has 1 saturated heterocycles. The van der Waals surface area contributed by atoms with Gasteiger partial charge in [0.25, 0.3) is 5.91 Å². The highest BCUT2D eigenvalue weighted by Crippen LogP contribution is 2.29. The molecule has 2 amide bonds. The zero-order chi connectivity index (χ0) is 17.9. The summed E-state index contributed by atoms with van der Waals surface area (Å²) in [6, 6.07) is 15.1. The molecule has 142 valence electrons. The first-order chi connectivity index (χ1) is 12.7. The summed E-state index contributed by atoms with van der Waals surface area (Å²) in [4.78, 5) is 27.2. The van der Waals surface area contributed by atoms with Crippen LogP contribution in [0.4, 0.5) is 11.4 Å². The third kappa shape index (κ3) is 4.15. The molecule has 0 aromatic heterocycles. The second-order valence-electron chi connectivity index (χ2n) is 6.91. The predicted molar refractivity (Wildman–Crippen MR) is 110 cm³/mol. The van der Waals surface area contributed by atoms with Crippen LogP contribution in [0.25, 0.3) is 0 Å². The van der Waals surface area contributed by atoms with Gasteiger partial charge in [-0.25, -0.2) is 0 Å². The lowest BCUT2D eigenvalue weighted by molar-refractivity contribution is -0.118. The van der Waals surface area contributed by atoms with Gasteiger partial charge < -0.3 is 15.5 Å². The summed E-state index contributed by atoms with van der Waals surface area (Å²) in [6.07, 6.45) is 3.92. The van der Waals surface area contributed by atoms with Gasteiger partial charge in [-0.2, -0.15) is 0 Å². The molecule has 2 aliphatic rings. The summed E-state index contributed by atoms with van der Waals surface area (Å²) in [7, 11) is 0. The number of hydrogen-bond acceptors (Lipinski definition) is 3. The number of para-hydroxylation sites is 1. The second kappa shape index (κ2) is 8.55. The van der Waals surface area contributed by atoms with Crippen molar-refractivity contribution in [1.82, 2.24) is 5.32 Å². The molecule has 1 atom stereocenters. The Balaban J connectivity index is 0.00000210. The Morgan fingerprint density at radius 3 is 2.74 bits per heavy atom. The van der Waals surface area contributed by atoms with E-state index in [4.69, 9.17) is 0 Å². The highest BCUT2D eigenvalue weighted by molar-refractivity contribution is 6.08. The molecule has 2 aromatic rings.